The zero-order chi connectivity index (χ0) is 13.8. The lowest BCUT2D eigenvalue weighted by Gasteiger charge is -2.50. The Labute approximate surface area is 114 Å². The van der Waals surface area contributed by atoms with Gasteiger partial charge in [0.25, 0.3) is 0 Å². The van der Waals surface area contributed by atoms with E-state index < -0.39 is 5.66 Å². The van der Waals surface area contributed by atoms with Gasteiger partial charge in [-0.1, -0.05) is 53.4 Å². The van der Waals surface area contributed by atoms with Gasteiger partial charge in [0, 0.05) is 0 Å². The summed E-state index contributed by atoms with van der Waals surface area (Å²) in [6.07, 6.45) is 9.71. The predicted molar refractivity (Wildman–Crippen MR) is 80.2 cm³/mol. The van der Waals surface area contributed by atoms with Gasteiger partial charge in [-0.3, -0.25) is 0 Å². The van der Waals surface area contributed by atoms with Crippen LogP contribution in [0.15, 0.2) is 0 Å². The van der Waals surface area contributed by atoms with Gasteiger partial charge in [0.1, 0.15) is 0 Å². The molecule has 1 saturated carbocycles. The Morgan fingerprint density at radius 1 is 0.833 bits per heavy atom. The molecule has 0 amide bonds. The van der Waals surface area contributed by atoms with Crippen molar-refractivity contribution in [2.45, 2.75) is 84.7 Å². The largest absolute Gasteiger partial charge is 0.313 e. The Hall–Kier alpha value is -0.0800. The van der Waals surface area contributed by atoms with Gasteiger partial charge in [0.2, 0.25) is 0 Å². The first kappa shape index (κ1) is 16.0. The maximum Gasteiger partial charge on any atom is 0.0637 e. The van der Waals surface area contributed by atoms with E-state index in [-0.39, 0.29) is 0 Å². The predicted octanol–water partition coefficient (Wildman–Crippen LogP) is 4.03. The summed E-state index contributed by atoms with van der Waals surface area (Å²) in [7, 11) is 0. The highest BCUT2D eigenvalue weighted by molar-refractivity contribution is 4.97. The molecule has 108 valence electrons. The lowest BCUT2D eigenvalue weighted by molar-refractivity contribution is 0.00810. The van der Waals surface area contributed by atoms with Crippen LogP contribution in [0.1, 0.15) is 79.1 Å². The Morgan fingerprint density at radius 3 is 1.56 bits per heavy atom. The fraction of sp³-hybridized carbons (Fsp3) is 1.00. The zero-order valence-electron chi connectivity index (χ0n) is 13.0. The minimum absolute atomic E-state index is 0.401. The van der Waals surface area contributed by atoms with Crippen LogP contribution in [-0.4, -0.2) is 5.66 Å². The quantitative estimate of drug-likeness (QED) is 0.703. The Bertz CT molecular complexity index is 223. The van der Waals surface area contributed by atoms with E-state index >= 15 is 0 Å². The maximum absolute atomic E-state index is 6.12. The monoisotopic (exact) mass is 254 g/mol. The molecule has 0 aliphatic heterocycles. The van der Waals surface area contributed by atoms with Gasteiger partial charge in [-0.25, -0.2) is 0 Å². The van der Waals surface area contributed by atoms with Gasteiger partial charge < -0.3 is 11.5 Å². The molecule has 0 aromatic rings. The summed E-state index contributed by atoms with van der Waals surface area (Å²) in [6.45, 7) is 9.51. The SMILES string of the molecule is CCCC(C)C1(C(C)CCC)CCC(N)(N)CC1. The van der Waals surface area contributed by atoms with Crippen molar-refractivity contribution >= 4 is 0 Å². The molecule has 1 aliphatic rings. The van der Waals surface area contributed by atoms with Crippen molar-refractivity contribution in [1.82, 2.24) is 0 Å². The fourth-order valence-electron chi connectivity index (χ4n) is 4.09. The molecule has 4 N–H and O–H groups in total. The van der Waals surface area contributed by atoms with Crippen LogP contribution in [0.4, 0.5) is 0 Å². The van der Waals surface area contributed by atoms with Gasteiger partial charge in [0.15, 0.2) is 0 Å². The third kappa shape index (κ3) is 3.48. The van der Waals surface area contributed by atoms with Crippen LogP contribution >= 0.6 is 0 Å². The van der Waals surface area contributed by atoms with Gasteiger partial charge >= 0.3 is 0 Å². The van der Waals surface area contributed by atoms with Crippen LogP contribution in [0.3, 0.4) is 0 Å². The van der Waals surface area contributed by atoms with Crippen molar-refractivity contribution in [2.24, 2.45) is 28.7 Å². The number of hydrogen-bond donors (Lipinski definition) is 2. The third-order valence-electron chi connectivity index (χ3n) is 5.52. The molecule has 2 heteroatoms. The highest BCUT2D eigenvalue weighted by Gasteiger charge is 2.45. The summed E-state index contributed by atoms with van der Waals surface area (Å²) in [5.41, 5.74) is 12.3. The van der Waals surface area contributed by atoms with E-state index in [2.05, 4.69) is 27.7 Å². The van der Waals surface area contributed by atoms with Gasteiger partial charge in [-0.2, -0.15) is 0 Å². The molecule has 0 heterocycles. The van der Waals surface area contributed by atoms with E-state index in [9.17, 15) is 0 Å². The van der Waals surface area contributed by atoms with Crippen LogP contribution in [0, 0.1) is 17.3 Å². The summed E-state index contributed by atoms with van der Waals surface area (Å²) >= 11 is 0. The lowest BCUT2D eigenvalue weighted by atomic mass is 9.56. The maximum atomic E-state index is 6.12. The van der Waals surface area contributed by atoms with Crippen LogP contribution in [-0.2, 0) is 0 Å². The average molecular weight is 254 g/mol. The fourth-order valence-corrected chi connectivity index (χ4v) is 4.09. The number of hydrogen-bond acceptors (Lipinski definition) is 2. The molecule has 0 aromatic heterocycles. The van der Waals surface area contributed by atoms with Crippen LogP contribution in [0.2, 0.25) is 0 Å². The van der Waals surface area contributed by atoms with Crippen LogP contribution in [0.25, 0.3) is 0 Å². The minimum atomic E-state index is -0.401. The van der Waals surface area contributed by atoms with Gasteiger partial charge in [-0.05, 0) is 42.9 Å². The average Bonchev–Trinajstić information content (AvgIpc) is 2.30. The summed E-state index contributed by atoms with van der Waals surface area (Å²) in [5, 5.41) is 0. The molecule has 1 aliphatic carbocycles. The molecule has 0 radical (unpaired) electrons. The van der Waals surface area contributed by atoms with Crippen molar-refractivity contribution in [3.63, 3.8) is 0 Å². The van der Waals surface area contributed by atoms with Crippen LogP contribution in [0.5, 0.6) is 0 Å². The number of nitrogens with two attached hydrogens (primary N) is 2. The molecule has 1 rings (SSSR count). The molecule has 2 unspecified atom stereocenters. The van der Waals surface area contributed by atoms with Gasteiger partial charge in [-0.15, -0.1) is 0 Å². The molecule has 1 fully saturated rings. The second-order valence-corrected chi connectivity index (χ2v) is 6.85. The summed E-state index contributed by atoms with van der Waals surface area (Å²) in [4.78, 5) is 0. The summed E-state index contributed by atoms with van der Waals surface area (Å²) < 4.78 is 0. The second kappa shape index (κ2) is 6.38. The minimum Gasteiger partial charge on any atom is -0.313 e. The van der Waals surface area contributed by atoms with E-state index in [4.69, 9.17) is 11.5 Å². The molecule has 0 aromatic carbocycles. The summed E-state index contributed by atoms with van der Waals surface area (Å²) in [6, 6.07) is 0. The van der Waals surface area contributed by atoms with Crippen molar-refractivity contribution in [3.8, 4) is 0 Å². The smallest absolute Gasteiger partial charge is 0.0637 e. The van der Waals surface area contributed by atoms with E-state index in [1.165, 1.54) is 38.5 Å². The topological polar surface area (TPSA) is 52.0 Å². The molecule has 0 saturated heterocycles. The standard InChI is InChI=1S/C16H34N2/c1-5-7-13(3)15(14(4)8-6-2)9-11-16(17,18)12-10-15/h13-14H,5-12,17-18H2,1-4H3. The third-order valence-corrected chi connectivity index (χ3v) is 5.52. The van der Waals surface area contributed by atoms with Crippen molar-refractivity contribution in [1.29, 1.82) is 0 Å². The lowest BCUT2D eigenvalue weighted by Crippen LogP contribution is -2.55. The molecule has 2 nitrogen and oxygen atoms in total. The van der Waals surface area contributed by atoms with E-state index in [0.717, 1.165) is 24.7 Å². The van der Waals surface area contributed by atoms with E-state index in [1.54, 1.807) is 0 Å². The molecular weight excluding hydrogens is 220 g/mol. The van der Waals surface area contributed by atoms with Gasteiger partial charge in [0.05, 0.1) is 5.66 Å². The normalized spacial score (nSPS) is 25.7. The molecule has 0 spiro atoms. The molecule has 2 atom stereocenters. The van der Waals surface area contributed by atoms with Crippen molar-refractivity contribution < 1.29 is 0 Å². The first-order chi connectivity index (χ1) is 8.38. The summed E-state index contributed by atoms with van der Waals surface area (Å²) in [5.74, 6) is 1.61. The first-order valence-corrected chi connectivity index (χ1v) is 7.95. The highest BCUT2D eigenvalue weighted by atomic mass is 15.0. The molecular formula is C16H34N2. The van der Waals surface area contributed by atoms with E-state index in [0.29, 0.717) is 5.41 Å². The Kier molecular flexibility index (Phi) is 5.67. The van der Waals surface area contributed by atoms with E-state index in [1.807, 2.05) is 0 Å². The zero-order valence-corrected chi connectivity index (χ0v) is 13.0. The van der Waals surface area contributed by atoms with Crippen LogP contribution < -0.4 is 11.5 Å². The first-order valence-electron chi connectivity index (χ1n) is 7.95. The van der Waals surface area contributed by atoms with Crippen molar-refractivity contribution in [2.75, 3.05) is 0 Å². The Balaban J connectivity index is 2.82. The highest BCUT2D eigenvalue weighted by Crippen LogP contribution is 2.51. The number of rotatable bonds is 6. The molecule has 0 bridgehead atoms. The van der Waals surface area contributed by atoms with Crippen molar-refractivity contribution in [3.05, 3.63) is 0 Å². The Morgan fingerprint density at radius 2 is 1.22 bits per heavy atom. The molecule has 18 heavy (non-hydrogen) atoms. The second-order valence-electron chi connectivity index (χ2n) is 6.85.